The van der Waals surface area contributed by atoms with Gasteiger partial charge in [0.25, 0.3) is 11.6 Å². The maximum Gasteiger partial charge on any atom is 0.269 e. The van der Waals surface area contributed by atoms with E-state index < -0.39 is 48.4 Å². The monoisotopic (exact) mass is 829 g/mol. The SMILES string of the molecule is CCOc1ccc2c(c1)CC(NCCCCO)C(=O)N2c1cccc(CN2C(=O)[C@]3(O[C@H](CC(=O)N4CCC[C@H]4CO)[C@@H]([Si](C)(C)O)[C@@H]3C)c3cc([N+](=O)[O-])ccc32)c1. The maximum atomic E-state index is 15.2. The lowest BCUT2D eigenvalue weighted by Gasteiger charge is -2.35. The van der Waals surface area contributed by atoms with E-state index in [1.807, 2.05) is 56.3 Å². The molecule has 2 fully saturated rings. The van der Waals surface area contributed by atoms with Crippen molar-refractivity contribution in [2.75, 3.05) is 42.7 Å². The molecule has 1 spiro atoms. The minimum absolute atomic E-state index is 0.0382. The van der Waals surface area contributed by atoms with Gasteiger partial charge in [-0.1, -0.05) is 19.1 Å². The summed E-state index contributed by atoms with van der Waals surface area (Å²) in [7, 11) is -3.16. The quantitative estimate of drug-likeness (QED) is 0.0720. The fourth-order valence-electron chi connectivity index (χ4n) is 9.88. The molecule has 4 heterocycles. The number of amides is 3. The molecule has 0 aliphatic carbocycles. The van der Waals surface area contributed by atoms with E-state index in [-0.39, 0.29) is 49.7 Å². The van der Waals surface area contributed by atoms with Gasteiger partial charge in [-0.05, 0) is 106 Å². The first-order chi connectivity index (χ1) is 28.2. The lowest BCUT2D eigenvalue weighted by molar-refractivity contribution is -0.385. The molecule has 3 aromatic carbocycles. The van der Waals surface area contributed by atoms with Gasteiger partial charge in [0.15, 0.2) is 13.9 Å². The number of nitro groups is 1. The third-order valence-electron chi connectivity index (χ3n) is 12.5. The van der Waals surface area contributed by atoms with Crippen LogP contribution in [0.5, 0.6) is 5.75 Å². The van der Waals surface area contributed by atoms with Crippen molar-refractivity contribution in [1.82, 2.24) is 10.2 Å². The third-order valence-corrected chi connectivity index (χ3v) is 15.0. The lowest BCUT2D eigenvalue weighted by Crippen LogP contribution is -2.49. The molecule has 4 N–H and O–H groups in total. The first kappa shape index (κ1) is 42.4. The Labute approximate surface area is 345 Å². The number of anilines is 3. The topological polar surface area (TPSA) is 195 Å². The molecule has 0 radical (unpaired) electrons. The van der Waals surface area contributed by atoms with E-state index in [9.17, 15) is 34.7 Å². The van der Waals surface area contributed by atoms with Gasteiger partial charge in [0.05, 0.1) is 60.7 Å². The second kappa shape index (κ2) is 17.1. The number of benzene rings is 3. The summed E-state index contributed by atoms with van der Waals surface area (Å²) >= 11 is 0. The number of nitro benzene ring substituents is 1. The van der Waals surface area contributed by atoms with Gasteiger partial charge >= 0.3 is 0 Å². The van der Waals surface area contributed by atoms with Gasteiger partial charge in [0, 0.05) is 48.0 Å². The predicted octanol–water partition coefficient (Wildman–Crippen LogP) is 4.66. The van der Waals surface area contributed by atoms with Gasteiger partial charge in [-0.3, -0.25) is 29.4 Å². The molecule has 16 heteroatoms. The smallest absolute Gasteiger partial charge is 0.269 e. The standard InChI is InChI=1S/C43H55N5O10Si/c1-5-57-33-14-16-36-29(21-33)22-35(44-17-6-7-19-49)41(52)47(36)30-11-8-10-28(20-30)25-46-37-15-13-31(48(54)55)23-34(37)43(42(46)53)27(2)40(59(3,4)56)38(58-43)24-39(51)45-18-9-12-32(45)26-50/h8,10-11,13-16,20-21,23,27,32,35,38,40,44,49-50,56H,5-7,9,12,17-19,22,24-26H2,1-4H3/t27-,32-,35?,38+,40-,43+/m0/s1. The van der Waals surface area contributed by atoms with Gasteiger partial charge in [0.1, 0.15) is 5.75 Å². The minimum atomic E-state index is -3.16. The summed E-state index contributed by atoms with van der Waals surface area (Å²) in [5.41, 5.74) is 1.13. The molecule has 6 atom stereocenters. The number of nitrogens with one attached hydrogen (secondary N) is 1. The average molecular weight is 830 g/mol. The summed E-state index contributed by atoms with van der Waals surface area (Å²) in [6, 6.07) is 16.5. The van der Waals surface area contributed by atoms with Crippen LogP contribution in [0.4, 0.5) is 22.7 Å². The van der Waals surface area contributed by atoms with Gasteiger partial charge < -0.3 is 39.6 Å². The summed E-state index contributed by atoms with van der Waals surface area (Å²) in [5, 5.41) is 34.8. The Bertz CT molecular complexity index is 2100. The Morgan fingerprint density at radius 3 is 2.58 bits per heavy atom. The van der Waals surface area contributed by atoms with Crippen LogP contribution in [0.1, 0.15) is 62.6 Å². The Morgan fingerprint density at radius 2 is 1.86 bits per heavy atom. The van der Waals surface area contributed by atoms with Crippen LogP contribution in [0.25, 0.3) is 0 Å². The van der Waals surface area contributed by atoms with Crippen LogP contribution in [0.3, 0.4) is 0 Å². The summed E-state index contributed by atoms with van der Waals surface area (Å²) < 4.78 is 12.6. The highest BCUT2D eigenvalue weighted by molar-refractivity contribution is 6.71. The Balaban J connectivity index is 1.24. The molecule has 2 saturated heterocycles. The molecule has 0 bridgehead atoms. The number of likely N-dealkylation sites (tertiary alicyclic amines) is 1. The van der Waals surface area contributed by atoms with E-state index in [1.54, 1.807) is 33.9 Å². The fraction of sp³-hybridized carbons (Fsp3) is 0.512. The molecule has 3 aromatic rings. The van der Waals surface area contributed by atoms with E-state index in [2.05, 4.69) is 5.32 Å². The van der Waals surface area contributed by atoms with Crippen LogP contribution in [0.2, 0.25) is 18.6 Å². The first-order valence-corrected chi connectivity index (χ1v) is 23.7. The summed E-state index contributed by atoms with van der Waals surface area (Å²) in [6.07, 6.45) is 2.24. The van der Waals surface area contributed by atoms with Crippen LogP contribution in [-0.2, 0) is 37.7 Å². The fourth-order valence-corrected chi connectivity index (χ4v) is 12.4. The number of nitrogens with zero attached hydrogens (tertiary/aromatic N) is 4. The highest BCUT2D eigenvalue weighted by atomic mass is 28.4. The third kappa shape index (κ3) is 7.89. The zero-order valence-electron chi connectivity index (χ0n) is 34.1. The molecule has 3 amide bonds. The number of rotatable bonds is 15. The summed E-state index contributed by atoms with van der Waals surface area (Å²) in [6.45, 7) is 8.72. The molecule has 0 aromatic heterocycles. The Morgan fingerprint density at radius 1 is 1.08 bits per heavy atom. The van der Waals surface area contributed by atoms with E-state index >= 15 is 4.79 Å². The van der Waals surface area contributed by atoms with Gasteiger partial charge in [-0.2, -0.15) is 0 Å². The lowest BCUT2D eigenvalue weighted by atomic mass is 9.82. The highest BCUT2D eigenvalue weighted by Crippen LogP contribution is 2.60. The van der Waals surface area contributed by atoms with Gasteiger partial charge in [-0.15, -0.1) is 0 Å². The van der Waals surface area contributed by atoms with Crippen molar-refractivity contribution in [2.24, 2.45) is 5.92 Å². The number of ether oxygens (including phenoxy) is 2. The second-order valence-electron chi connectivity index (χ2n) is 16.7. The number of aliphatic hydroxyl groups excluding tert-OH is 2. The molecule has 7 rings (SSSR count). The second-order valence-corrected chi connectivity index (χ2v) is 20.7. The zero-order chi connectivity index (χ0) is 42.2. The van der Waals surface area contributed by atoms with Crippen molar-refractivity contribution in [3.63, 3.8) is 0 Å². The number of hydrogen-bond donors (Lipinski definition) is 4. The maximum absolute atomic E-state index is 15.2. The zero-order valence-corrected chi connectivity index (χ0v) is 35.1. The molecule has 4 aliphatic heterocycles. The Kier molecular flexibility index (Phi) is 12.3. The first-order valence-electron chi connectivity index (χ1n) is 20.7. The molecule has 1 unspecified atom stereocenters. The summed E-state index contributed by atoms with van der Waals surface area (Å²) in [5.74, 6) is -0.791. The van der Waals surface area contributed by atoms with Crippen LogP contribution in [0.15, 0.2) is 60.7 Å². The molecule has 15 nitrogen and oxygen atoms in total. The van der Waals surface area contributed by atoms with E-state index in [1.165, 1.54) is 12.1 Å². The number of fused-ring (bicyclic) bond motifs is 3. The van der Waals surface area contributed by atoms with E-state index in [0.717, 1.165) is 12.0 Å². The van der Waals surface area contributed by atoms with Crippen LogP contribution in [-0.4, -0.2) is 102 Å². The van der Waals surface area contributed by atoms with Crippen molar-refractivity contribution in [1.29, 1.82) is 0 Å². The van der Waals surface area contributed by atoms with Crippen LogP contribution in [0, 0.1) is 16.0 Å². The molecule has 0 saturated carbocycles. The minimum Gasteiger partial charge on any atom is -0.494 e. The number of hydrogen-bond acceptors (Lipinski definition) is 11. The van der Waals surface area contributed by atoms with Crippen molar-refractivity contribution >= 4 is 48.8 Å². The van der Waals surface area contributed by atoms with Crippen LogP contribution < -0.4 is 19.9 Å². The number of carbonyl (C=O) groups is 3. The van der Waals surface area contributed by atoms with Crippen molar-refractivity contribution < 1.29 is 43.8 Å². The van der Waals surface area contributed by atoms with E-state index in [0.29, 0.717) is 79.3 Å². The normalized spacial score (nSPS) is 25.2. The molecular formula is C43H55N5O10Si. The molecule has 59 heavy (non-hydrogen) atoms. The van der Waals surface area contributed by atoms with E-state index in [4.69, 9.17) is 9.47 Å². The molecule has 4 aliphatic rings. The van der Waals surface area contributed by atoms with Crippen LogP contribution >= 0.6 is 0 Å². The Hall–Kier alpha value is -4.71. The molecule has 316 valence electrons. The largest absolute Gasteiger partial charge is 0.494 e. The predicted molar refractivity (Wildman–Crippen MR) is 223 cm³/mol. The van der Waals surface area contributed by atoms with Crippen molar-refractivity contribution in [3.05, 3.63) is 87.5 Å². The number of unbranched alkanes of at least 4 members (excludes halogenated alkanes) is 1. The number of aliphatic hydroxyl groups is 2. The van der Waals surface area contributed by atoms with Crippen molar-refractivity contribution in [3.8, 4) is 5.75 Å². The number of non-ortho nitro benzene ring substituents is 1. The average Bonchev–Trinajstić information content (AvgIpc) is 3.87. The molecular weight excluding hydrogens is 775 g/mol. The highest BCUT2D eigenvalue weighted by Gasteiger charge is 2.67. The van der Waals surface area contributed by atoms with Gasteiger partial charge in [0.2, 0.25) is 11.8 Å². The number of carbonyl (C=O) groups excluding carboxylic acids is 3. The van der Waals surface area contributed by atoms with Crippen molar-refractivity contribution in [2.45, 2.75) is 101 Å². The summed E-state index contributed by atoms with van der Waals surface area (Å²) in [4.78, 5) is 71.4. The van der Waals surface area contributed by atoms with Gasteiger partial charge in [-0.25, -0.2) is 0 Å².